The number of amides is 2. The van der Waals surface area contributed by atoms with Crippen LogP contribution >= 0.6 is 0 Å². The van der Waals surface area contributed by atoms with Gasteiger partial charge < -0.3 is 9.88 Å². The van der Waals surface area contributed by atoms with Crippen molar-refractivity contribution in [3.05, 3.63) is 120 Å². The number of carbonyl (C=O) groups is 2. The van der Waals surface area contributed by atoms with Gasteiger partial charge in [-0.2, -0.15) is 0 Å². The number of carbonyl (C=O) groups excluding carboxylic acids is 2. The zero-order valence-electron chi connectivity index (χ0n) is 24.0. The van der Waals surface area contributed by atoms with Crippen LogP contribution in [0.1, 0.15) is 50.1 Å². The molecule has 1 N–H and O–H groups in total. The third kappa shape index (κ3) is 5.04. The first kappa shape index (κ1) is 26.6. The number of aromatic nitrogens is 1. The minimum Gasteiger partial charge on any atom is -0.349 e. The van der Waals surface area contributed by atoms with Crippen molar-refractivity contribution in [3.8, 4) is 16.9 Å². The zero-order valence-corrected chi connectivity index (χ0v) is 24.0. The molecule has 0 bridgehead atoms. The van der Waals surface area contributed by atoms with E-state index in [4.69, 9.17) is 0 Å². The van der Waals surface area contributed by atoms with Crippen LogP contribution in [0.5, 0.6) is 0 Å². The third-order valence-corrected chi connectivity index (χ3v) is 7.67. The van der Waals surface area contributed by atoms with E-state index in [9.17, 15) is 9.59 Å². The molecule has 1 unspecified atom stereocenters. The van der Waals surface area contributed by atoms with E-state index in [0.29, 0.717) is 18.5 Å². The molecule has 1 aliphatic rings. The number of hydrogen-bond donors (Lipinski definition) is 1. The van der Waals surface area contributed by atoms with Gasteiger partial charge in [-0.15, -0.1) is 0 Å². The number of hydrogen-bond acceptors (Lipinski definition) is 2. The Bertz CT molecular complexity index is 1750. The maximum absolute atomic E-state index is 14.1. The normalized spacial score (nSPS) is 14.1. The molecule has 0 spiro atoms. The Morgan fingerprint density at radius 1 is 0.780 bits per heavy atom. The summed E-state index contributed by atoms with van der Waals surface area (Å²) in [5, 5.41) is 5.50. The second-order valence-electron chi connectivity index (χ2n) is 11.9. The maximum Gasteiger partial charge on any atom is 0.248 e. The number of para-hydroxylation sites is 2. The number of nitrogens with one attached hydrogen (secondary N) is 1. The molecular formula is C36H35N3O2. The predicted molar refractivity (Wildman–Crippen MR) is 166 cm³/mol. The van der Waals surface area contributed by atoms with Crippen molar-refractivity contribution >= 4 is 28.3 Å². The highest BCUT2D eigenvalue weighted by Gasteiger charge is 2.37. The lowest BCUT2D eigenvalue weighted by molar-refractivity contribution is -0.127. The molecule has 0 radical (unpaired) electrons. The van der Waals surface area contributed by atoms with Gasteiger partial charge in [0, 0.05) is 23.2 Å². The van der Waals surface area contributed by atoms with Crippen molar-refractivity contribution in [1.29, 1.82) is 0 Å². The topological polar surface area (TPSA) is 54.3 Å². The number of nitrogens with zero attached hydrogens (tertiary/aromatic N) is 2. The summed E-state index contributed by atoms with van der Waals surface area (Å²) >= 11 is 0. The summed E-state index contributed by atoms with van der Waals surface area (Å²) in [7, 11) is 0. The van der Waals surface area contributed by atoms with E-state index >= 15 is 0 Å². The highest BCUT2D eigenvalue weighted by molar-refractivity contribution is 6.04. The van der Waals surface area contributed by atoms with Crippen LogP contribution in [0.4, 0.5) is 5.69 Å². The van der Waals surface area contributed by atoms with Crippen LogP contribution in [0.3, 0.4) is 0 Å². The van der Waals surface area contributed by atoms with Crippen LogP contribution in [0.25, 0.3) is 27.7 Å². The molecule has 5 heteroatoms. The standard InChI is InChI=1S/C36H35N3O2/c1-24-16-18-26(19-17-24)34(35(41)37-36(2,3)4)39-32-15-8-7-14-31(32)38-27(21-23-33(39)40)20-22-30(38)29-13-9-11-25-10-5-6-12-28(25)29/h5-20,22,34H,21,23H2,1-4H3,(H,37,41). The minimum absolute atomic E-state index is 0.0776. The molecule has 5 aromatic rings. The van der Waals surface area contributed by atoms with Crippen LogP contribution in [0, 0.1) is 6.92 Å². The lowest BCUT2D eigenvalue weighted by atomic mass is 9.98. The van der Waals surface area contributed by atoms with Gasteiger partial charge in [0.25, 0.3) is 0 Å². The average Bonchev–Trinajstić information content (AvgIpc) is 3.36. The van der Waals surface area contributed by atoms with Gasteiger partial charge in [-0.3, -0.25) is 14.5 Å². The highest BCUT2D eigenvalue weighted by Crippen LogP contribution is 2.40. The lowest BCUT2D eigenvalue weighted by Crippen LogP contribution is -2.50. The van der Waals surface area contributed by atoms with Crippen LogP contribution in [0.2, 0.25) is 0 Å². The summed E-state index contributed by atoms with van der Waals surface area (Å²) in [6, 6.07) is 34.1. The monoisotopic (exact) mass is 541 g/mol. The molecule has 1 aromatic heterocycles. The fraction of sp³-hybridized carbons (Fsp3) is 0.222. The van der Waals surface area contributed by atoms with Gasteiger partial charge in [-0.1, -0.05) is 84.4 Å². The van der Waals surface area contributed by atoms with Gasteiger partial charge in [0.15, 0.2) is 0 Å². The van der Waals surface area contributed by atoms with Crippen LogP contribution in [0.15, 0.2) is 103 Å². The van der Waals surface area contributed by atoms with Crippen molar-refractivity contribution in [2.24, 2.45) is 0 Å². The molecule has 4 aromatic carbocycles. The first-order valence-electron chi connectivity index (χ1n) is 14.2. The Labute approximate surface area is 241 Å². The Kier molecular flexibility index (Phi) is 6.74. The van der Waals surface area contributed by atoms with E-state index in [1.165, 1.54) is 10.8 Å². The van der Waals surface area contributed by atoms with E-state index in [1.54, 1.807) is 4.90 Å². The smallest absolute Gasteiger partial charge is 0.248 e. The van der Waals surface area contributed by atoms with Crippen molar-refractivity contribution < 1.29 is 9.59 Å². The molecule has 0 aliphatic carbocycles. The number of fused-ring (bicyclic) bond motifs is 4. The number of benzene rings is 4. The molecule has 1 atom stereocenters. The molecule has 41 heavy (non-hydrogen) atoms. The number of rotatable bonds is 4. The van der Waals surface area contributed by atoms with Gasteiger partial charge in [0.2, 0.25) is 11.8 Å². The lowest BCUT2D eigenvalue weighted by Gasteiger charge is -2.36. The predicted octanol–water partition coefficient (Wildman–Crippen LogP) is 7.54. The molecule has 0 fully saturated rings. The van der Waals surface area contributed by atoms with Crippen molar-refractivity contribution in [2.75, 3.05) is 4.90 Å². The van der Waals surface area contributed by atoms with Gasteiger partial charge >= 0.3 is 0 Å². The molecule has 206 valence electrons. The minimum atomic E-state index is -0.818. The summed E-state index contributed by atoms with van der Waals surface area (Å²) in [5.74, 6) is -0.279. The fourth-order valence-electron chi connectivity index (χ4n) is 5.85. The molecule has 6 rings (SSSR count). The summed E-state index contributed by atoms with van der Waals surface area (Å²) in [4.78, 5) is 29.8. The van der Waals surface area contributed by atoms with Crippen molar-refractivity contribution in [3.63, 3.8) is 0 Å². The second kappa shape index (κ2) is 10.4. The van der Waals surface area contributed by atoms with Gasteiger partial charge in [0.1, 0.15) is 6.04 Å². The van der Waals surface area contributed by atoms with E-state index < -0.39 is 11.6 Å². The van der Waals surface area contributed by atoms with E-state index in [-0.39, 0.29) is 11.8 Å². The molecule has 0 saturated heterocycles. The Balaban J connectivity index is 1.57. The maximum atomic E-state index is 14.1. The first-order valence-corrected chi connectivity index (χ1v) is 14.2. The van der Waals surface area contributed by atoms with Crippen molar-refractivity contribution in [2.45, 2.75) is 52.1 Å². The summed E-state index contributed by atoms with van der Waals surface area (Å²) in [5.41, 5.74) is 6.27. The molecule has 1 aliphatic heterocycles. The SMILES string of the molecule is Cc1ccc(C(C(=O)NC(C)(C)C)N2C(=O)CCc3ccc(-c4cccc5ccccc45)n3-c3ccccc32)cc1. The summed E-state index contributed by atoms with van der Waals surface area (Å²) < 4.78 is 2.27. The van der Waals surface area contributed by atoms with Gasteiger partial charge in [0.05, 0.1) is 17.1 Å². The quantitative estimate of drug-likeness (QED) is 0.256. The molecule has 2 heterocycles. The first-order chi connectivity index (χ1) is 19.7. The largest absolute Gasteiger partial charge is 0.349 e. The Hall–Kier alpha value is -4.64. The molecule has 0 saturated carbocycles. The Morgan fingerprint density at radius 3 is 2.22 bits per heavy atom. The zero-order chi connectivity index (χ0) is 28.7. The highest BCUT2D eigenvalue weighted by atomic mass is 16.2. The molecular weight excluding hydrogens is 506 g/mol. The van der Waals surface area contributed by atoms with Gasteiger partial charge in [-0.25, -0.2) is 0 Å². The third-order valence-electron chi connectivity index (χ3n) is 7.67. The van der Waals surface area contributed by atoms with Crippen molar-refractivity contribution in [1.82, 2.24) is 9.88 Å². The number of anilines is 1. The van der Waals surface area contributed by atoms with Crippen LogP contribution in [-0.2, 0) is 16.0 Å². The molecule has 5 nitrogen and oxygen atoms in total. The van der Waals surface area contributed by atoms with Gasteiger partial charge in [-0.05, 0) is 74.7 Å². The van der Waals surface area contributed by atoms with E-state index in [0.717, 1.165) is 33.8 Å². The molecule has 2 amide bonds. The fourth-order valence-corrected chi connectivity index (χ4v) is 5.85. The van der Waals surface area contributed by atoms with E-state index in [2.05, 4.69) is 64.5 Å². The van der Waals surface area contributed by atoms with E-state index in [1.807, 2.05) is 76.2 Å². The summed E-state index contributed by atoms with van der Waals surface area (Å²) in [6.07, 6.45) is 0.856. The second-order valence-corrected chi connectivity index (χ2v) is 11.9. The average molecular weight is 542 g/mol. The summed E-state index contributed by atoms with van der Waals surface area (Å²) in [6.45, 7) is 7.90. The Morgan fingerprint density at radius 2 is 1.46 bits per heavy atom. The number of aryl methyl sites for hydroxylation is 2. The van der Waals surface area contributed by atoms with Crippen LogP contribution < -0.4 is 10.2 Å². The van der Waals surface area contributed by atoms with Crippen LogP contribution in [-0.4, -0.2) is 21.9 Å².